The minimum Gasteiger partial charge on any atom is -0.439 e. The normalized spacial score (nSPS) is 11.6. The number of nitrogens with zero attached hydrogens (tertiary/aromatic N) is 1. The number of amides is 1. The SMILES string of the molecule is COCC(N)C(=O)Nc1ccc(Oc2ccc(C(F)(F)F)cc2)nc1.Cl.Cl. The van der Waals surface area contributed by atoms with Crippen molar-refractivity contribution >= 4 is 36.4 Å². The third kappa shape index (κ3) is 7.59. The number of methoxy groups -OCH3 is 1. The third-order valence-electron chi connectivity index (χ3n) is 3.09. The van der Waals surface area contributed by atoms with E-state index in [1.807, 2.05) is 0 Å². The highest BCUT2D eigenvalue weighted by atomic mass is 35.5. The number of halogens is 5. The zero-order valence-corrected chi connectivity index (χ0v) is 15.7. The number of carbonyl (C=O) groups is 1. The number of aromatic nitrogens is 1. The Balaban J connectivity index is 0.00000338. The highest BCUT2D eigenvalue weighted by Crippen LogP contribution is 2.31. The molecule has 11 heteroatoms. The highest BCUT2D eigenvalue weighted by Gasteiger charge is 2.30. The van der Waals surface area contributed by atoms with Gasteiger partial charge in [0.25, 0.3) is 0 Å². The summed E-state index contributed by atoms with van der Waals surface area (Å²) in [5, 5.41) is 2.55. The first-order valence-corrected chi connectivity index (χ1v) is 7.16. The molecule has 0 aliphatic rings. The van der Waals surface area contributed by atoms with E-state index in [-0.39, 0.29) is 43.1 Å². The summed E-state index contributed by atoms with van der Waals surface area (Å²) < 4.78 is 47.6. The Bertz CT molecular complexity index is 714. The van der Waals surface area contributed by atoms with Crippen LogP contribution in [0.15, 0.2) is 42.6 Å². The van der Waals surface area contributed by atoms with Crippen LogP contribution in [0.2, 0.25) is 0 Å². The standard InChI is InChI=1S/C16H16F3N3O3.2ClH/c1-24-9-13(20)15(23)22-11-4-7-14(21-8-11)25-12-5-2-10(3-6-12)16(17,18)19;;/h2-8,13H,9,20H2,1H3,(H,22,23);2*1H. The summed E-state index contributed by atoms with van der Waals surface area (Å²) in [5.74, 6) is -0.0570. The Morgan fingerprint density at radius 2 is 1.81 bits per heavy atom. The van der Waals surface area contributed by atoms with Crippen molar-refractivity contribution in [1.82, 2.24) is 4.98 Å². The highest BCUT2D eigenvalue weighted by molar-refractivity contribution is 5.94. The lowest BCUT2D eigenvalue weighted by atomic mass is 10.2. The van der Waals surface area contributed by atoms with Crippen molar-refractivity contribution in [3.05, 3.63) is 48.2 Å². The first-order valence-electron chi connectivity index (χ1n) is 7.16. The monoisotopic (exact) mass is 427 g/mol. The first kappa shape index (κ1) is 24.9. The summed E-state index contributed by atoms with van der Waals surface area (Å²) in [6.45, 7) is 0.0778. The Kier molecular flexibility index (Phi) is 10.1. The molecular weight excluding hydrogens is 410 g/mol. The summed E-state index contributed by atoms with van der Waals surface area (Å²) in [5.41, 5.74) is 5.22. The van der Waals surface area contributed by atoms with E-state index in [1.165, 1.54) is 37.6 Å². The molecule has 1 heterocycles. The number of carbonyl (C=O) groups excluding carboxylic acids is 1. The van der Waals surface area contributed by atoms with Crippen molar-refractivity contribution in [3.8, 4) is 11.6 Å². The fourth-order valence-corrected chi connectivity index (χ4v) is 1.84. The smallest absolute Gasteiger partial charge is 0.416 e. The molecule has 3 N–H and O–H groups in total. The van der Waals surface area contributed by atoms with Crippen LogP contribution < -0.4 is 15.8 Å². The fourth-order valence-electron chi connectivity index (χ4n) is 1.84. The van der Waals surface area contributed by atoms with Crippen LogP contribution in [-0.4, -0.2) is 30.6 Å². The van der Waals surface area contributed by atoms with Gasteiger partial charge in [-0.1, -0.05) is 0 Å². The van der Waals surface area contributed by atoms with E-state index in [9.17, 15) is 18.0 Å². The van der Waals surface area contributed by atoms with Gasteiger partial charge in [0.1, 0.15) is 11.8 Å². The van der Waals surface area contributed by atoms with Gasteiger partial charge >= 0.3 is 6.18 Å². The van der Waals surface area contributed by atoms with Gasteiger partial charge in [0.15, 0.2) is 0 Å². The molecule has 0 aliphatic carbocycles. The lowest BCUT2D eigenvalue weighted by molar-refractivity contribution is -0.137. The maximum Gasteiger partial charge on any atom is 0.416 e. The number of pyridine rings is 1. The number of nitrogens with one attached hydrogen (secondary N) is 1. The zero-order valence-electron chi connectivity index (χ0n) is 14.0. The molecule has 2 rings (SSSR count). The number of rotatable bonds is 6. The summed E-state index contributed by atoms with van der Waals surface area (Å²) in [4.78, 5) is 15.7. The minimum absolute atomic E-state index is 0. The molecule has 27 heavy (non-hydrogen) atoms. The van der Waals surface area contributed by atoms with Gasteiger partial charge in [-0.2, -0.15) is 13.2 Å². The number of ether oxygens (including phenoxy) is 2. The number of benzene rings is 1. The number of nitrogens with two attached hydrogens (primary N) is 1. The predicted octanol–water partition coefficient (Wildman–Crippen LogP) is 3.65. The average Bonchev–Trinajstić information content (AvgIpc) is 2.56. The molecule has 0 spiro atoms. The Hall–Kier alpha value is -2.07. The molecule has 0 bridgehead atoms. The molecule has 0 saturated heterocycles. The van der Waals surface area contributed by atoms with Crippen molar-refractivity contribution in [1.29, 1.82) is 0 Å². The average molecular weight is 428 g/mol. The summed E-state index contributed by atoms with van der Waals surface area (Å²) in [6, 6.07) is 6.42. The molecule has 0 radical (unpaired) electrons. The second kappa shape index (κ2) is 10.9. The molecule has 1 amide bonds. The minimum atomic E-state index is -4.40. The van der Waals surface area contributed by atoms with Crippen LogP contribution in [-0.2, 0) is 15.7 Å². The Morgan fingerprint density at radius 1 is 1.19 bits per heavy atom. The second-order valence-electron chi connectivity index (χ2n) is 5.06. The maximum absolute atomic E-state index is 12.5. The predicted molar refractivity (Wildman–Crippen MR) is 98.7 cm³/mol. The lowest BCUT2D eigenvalue weighted by Crippen LogP contribution is -2.39. The zero-order chi connectivity index (χ0) is 18.4. The largest absolute Gasteiger partial charge is 0.439 e. The molecule has 1 aromatic carbocycles. The van der Waals surface area contributed by atoms with Crippen molar-refractivity contribution in [2.24, 2.45) is 5.73 Å². The van der Waals surface area contributed by atoms with Gasteiger partial charge in [0.2, 0.25) is 11.8 Å². The van der Waals surface area contributed by atoms with Gasteiger partial charge in [-0.25, -0.2) is 4.98 Å². The number of alkyl halides is 3. The van der Waals surface area contributed by atoms with E-state index in [0.29, 0.717) is 5.69 Å². The van der Waals surface area contributed by atoms with Crippen molar-refractivity contribution in [3.63, 3.8) is 0 Å². The van der Waals surface area contributed by atoms with Gasteiger partial charge in [0.05, 0.1) is 24.1 Å². The second-order valence-corrected chi connectivity index (χ2v) is 5.06. The molecule has 1 aromatic heterocycles. The molecular formula is C16H18Cl2F3N3O3. The molecule has 1 atom stereocenters. The first-order chi connectivity index (χ1) is 11.8. The Labute approximate surface area is 166 Å². The summed E-state index contributed by atoms with van der Waals surface area (Å²) >= 11 is 0. The van der Waals surface area contributed by atoms with E-state index < -0.39 is 23.7 Å². The van der Waals surface area contributed by atoms with E-state index >= 15 is 0 Å². The van der Waals surface area contributed by atoms with Gasteiger partial charge in [-0.3, -0.25) is 4.79 Å². The van der Waals surface area contributed by atoms with Crippen LogP contribution in [0, 0.1) is 0 Å². The van der Waals surface area contributed by atoms with Crippen LogP contribution in [0.5, 0.6) is 11.6 Å². The molecule has 6 nitrogen and oxygen atoms in total. The van der Waals surface area contributed by atoms with Crippen molar-refractivity contribution < 1.29 is 27.4 Å². The number of hydrogen-bond acceptors (Lipinski definition) is 5. The number of hydrogen-bond donors (Lipinski definition) is 2. The van der Waals surface area contributed by atoms with Crippen molar-refractivity contribution in [2.45, 2.75) is 12.2 Å². The molecule has 0 fully saturated rings. The van der Waals surface area contributed by atoms with Gasteiger partial charge in [-0.15, -0.1) is 24.8 Å². The maximum atomic E-state index is 12.5. The van der Waals surface area contributed by atoms with Gasteiger partial charge in [0, 0.05) is 13.2 Å². The van der Waals surface area contributed by atoms with E-state index in [0.717, 1.165) is 12.1 Å². The molecule has 2 aromatic rings. The Morgan fingerprint density at radius 3 is 2.30 bits per heavy atom. The lowest BCUT2D eigenvalue weighted by Gasteiger charge is -2.11. The molecule has 0 saturated carbocycles. The quantitative estimate of drug-likeness (QED) is 0.734. The van der Waals surface area contributed by atoms with Crippen LogP contribution >= 0.6 is 24.8 Å². The van der Waals surface area contributed by atoms with Crippen LogP contribution in [0.4, 0.5) is 18.9 Å². The van der Waals surface area contributed by atoms with Gasteiger partial charge < -0.3 is 20.5 Å². The fraction of sp³-hybridized carbons (Fsp3) is 0.250. The molecule has 1 unspecified atom stereocenters. The van der Waals surface area contributed by atoms with Crippen LogP contribution in [0.25, 0.3) is 0 Å². The van der Waals surface area contributed by atoms with Crippen LogP contribution in [0.3, 0.4) is 0 Å². The molecule has 150 valence electrons. The van der Waals surface area contributed by atoms with E-state index in [4.69, 9.17) is 15.2 Å². The third-order valence-corrected chi connectivity index (χ3v) is 3.09. The van der Waals surface area contributed by atoms with E-state index in [1.54, 1.807) is 0 Å². The molecule has 0 aliphatic heterocycles. The number of anilines is 1. The van der Waals surface area contributed by atoms with E-state index in [2.05, 4.69) is 10.3 Å². The van der Waals surface area contributed by atoms with Crippen molar-refractivity contribution in [2.75, 3.05) is 19.0 Å². The topological polar surface area (TPSA) is 86.5 Å². The van der Waals surface area contributed by atoms with Gasteiger partial charge in [-0.05, 0) is 30.3 Å². The van der Waals surface area contributed by atoms with Crippen LogP contribution in [0.1, 0.15) is 5.56 Å². The summed E-state index contributed by atoms with van der Waals surface area (Å²) in [7, 11) is 1.43. The summed E-state index contributed by atoms with van der Waals surface area (Å²) in [6.07, 6.45) is -3.06.